The van der Waals surface area contributed by atoms with Gasteiger partial charge in [-0.05, 0) is 56.6 Å². The van der Waals surface area contributed by atoms with Gasteiger partial charge in [-0.15, -0.1) is 0 Å². The smallest absolute Gasteiger partial charge is 0.240 e. The maximum absolute atomic E-state index is 12.4. The van der Waals surface area contributed by atoms with Crippen LogP contribution in [0.1, 0.15) is 58.3 Å². The molecule has 1 aliphatic carbocycles. The van der Waals surface area contributed by atoms with Crippen molar-refractivity contribution in [3.8, 4) is 11.5 Å². The van der Waals surface area contributed by atoms with Crippen LogP contribution in [-0.2, 0) is 14.8 Å². The fourth-order valence-corrected chi connectivity index (χ4v) is 4.86. The van der Waals surface area contributed by atoms with Gasteiger partial charge in [0, 0.05) is 25.1 Å². The van der Waals surface area contributed by atoms with Crippen molar-refractivity contribution in [2.24, 2.45) is 5.92 Å². The summed E-state index contributed by atoms with van der Waals surface area (Å²) in [6, 6.07) is 4.96. The number of nitrogens with one attached hydrogen (secondary N) is 2. The van der Waals surface area contributed by atoms with Crippen LogP contribution in [0.4, 0.5) is 0 Å². The zero-order valence-electron chi connectivity index (χ0n) is 17.1. The Morgan fingerprint density at radius 1 is 1.03 bits per heavy atom. The summed E-state index contributed by atoms with van der Waals surface area (Å²) in [4.78, 5) is 12.2. The molecule has 0 spiro atoms. The Kier molecular flexibility index (Phi) is 7.77. The molecule has 0 atom stereocenters. The summed E-state index contributed by atoms with van der Waals surface area (Å²) in [7, 11) is -3.59. The molecule has 0 bridgehead atoms. The SMILES string of the molecule is CC1CCC(NC(=O)CCCCCNS(=O)(=O)c2ccc3c(c2)OCCO3)CC1. The van der Waals surface area contributed by atoms with Crippen molar-refractivity contribution in [3.63, 3.8) is 0 Å². The van der Waals surface area contributed by atoms with E-state index in [4.69, 9.17) is 9.47 Å². The van der Waals surface area contributed by atoms with Crippen LogP contribution in [0.25, 0.3) is 0 Å². The summed E-state index contributed by atoms with van der Waals surface area (Å²) < 4.78 is 38.3. The van der Waals surface area contributed by atoms with Crippen molar-refractivity contribution >= 4 is 15.9 Å². The number of carbonyl (C=O) groups excluding carboxylic acids is 1. The van der Waals surface area contributed by atoms with Gasteiger partial charge in [-0.3, -0.25) is 4.79 Å². The molecule has 1 aromatic carbocycles. The number of hydrogen-bond acceptors (Lipinski definition) is 5. The van der Waals surface area contributed by atoms with E-state index in [9.17, 15) is 13.2 Å². The van der Waals surface area contributed by atoms with Gasteiger partial charge in [-0.1, -0.05) is 13.3 Å². The third-order valence-electron chi connectivity index (χ3n) is 5.58. The van der Waals surface area contributed by atoms with Crippen LogP contribution in [0.5, 0.6) is 11.5 Å². The molecule has 0 unspecified atom stereocenters. The number of carbonyl (C=O) groups is 1. The molecule has 29 heavy (non-hydrogen) atoms. The lowest BCUT2D eigenvalue weighted by Gasteiger charge is -2.26. The lowest BCUT2D eigenvalue weighted by molar-refractivity contribution is -0.122. The minimum Gasteiger partial charge on any atom is -0.486 e. The van der Waals surface area contributed by atoms with Crippen molar-refractivity contribution in [1.82, 2.24) is 10.0 Å². The number of amides is 1. The maximum atomic E-state index is 12.4. The molecule has 1 aromatic rings. The third kappa shape index (κ3) is 6.60. The minimum absolute atomic E-state index is 0.112. The van der Waals surface area contributed by atoms with Gasteiger partial charge in [0.25, 0.3) is 0 Å². The molecule has 1 fully saturated rings. The lowest BCUT2D eigenvalue weighted by Crippen LogP contribution is -2.37. The van der Waals surface area contributed by atoms with E-state index < -0.39 is 10.0 Å². The standard InChI is InChI=1S/C21H32N2O5S/c1-16-6-8-17(9-7-16)23-21(24)5-3-2-4-12-22-29(25,26)18-10-11-19-20(15-18)28-14-13-27-19/h10-11,15-17,22H,2-9,12-14H2,1H3,(H,23,24). The first kappa shape index (κ1) is 21.9. The van der Waals surface area contributed by atoms with Crippen molar-refractivity contribution in [1.29, 1.82) is 0 Å². The van der Waals surface area contributed by atoms with Gasteiger partial charge >= 0.3 is 0 Å². The predicted molar refractivity (Wildman–Crippen MR) is 111 cm³/mol. The molecular weight excluding hydrogens is 392 g/mol. The number of rotatable bonds is 9. The molecule has 1 amide bonds. The number of sulfonamides is 1. The quantitative estimate of drug-likeness (QED) is 0.595. The summed E-state index contributed by atoms with van der Waals surface area (Å²) >= 11 is 0. The van der Waals surface area contributed by atoms with Crippen molar-refractivity contribution in [2.75, 3.05) is 19.8 Å². The van der Waals surface area contributed by atoms with Crippen LogP contribution < -0.4 is 19.5 Å². The monoisotopic (exact) mass is 424 g/mol. The van der Waals surface area contributed by atoms with E-state index in [2.05, 4.69) is 17.0 Å². The second kappa shape index (κ2) is 10.3. The Morgan fingerprint density at radius 2 is 1.76 bits per heavy atom. The van der Waals surface area contributed by atoms with Crippen LogP contribution in [0.15, 0.2) is 23.1 Å². The molecule has 1 saturated carbocycles. The highest BCUT2D eigenvalue weighted by molar-refractivity contribution is 7.89. The van der Waals surface area contributed by atoms with Gasteiger partial charge in [0.2, 0.25) is 15.9 Å². The highest BCUT2D eigenvalue weighted by atomic mass is 32.2. The number of fused-ring (bicyclic) bond motifs is 1. The predicted octanol–water partition coefficient (Wildman–Crippen LogP) is 2.99. The molecule has 2 N–H and O–H groups in total. The molecule has 3 rings (SSSR count). The molecule has 1 heterocycles. The molecule has 7 nitrogen and oxygen atoms in total. The Morgan fingerprint density at radius 3 is 2.52 bits per heavy atom. The lowest BCUT2D eigenvalue weighted by atomic mass is 9.87. The van der Waals surface area contributed by atoms with Crippen LogP contribution >= 0.6 is 0 Å². The molecule has 0 saturated heterocycles. The topological polar surface area (TPSA) is 93.7 Å². The van der Waals surface area contributed by atoms with Gasteiger partial charge in [0.1, 0.15) is 13.2 Å². The van der Waals surface area contributed by atoms with Crippen molar-refractivity contribution in [3.05, 3.63) is 18.2 Å². The molecular formula is C21H32N2O5S. The Balaban J connectivity index is 1.32. The van der Waals surface area contributed by atoms with Gasteiger partial charge in [0.15, 0.2) is 11.5 Å². The van der Waals surface area contributed by atoms with E-state index in [0.717, 1.165) is 31.6 Å². The molecule has 2 aliphatic rings. The van der Waals surface area contributed by atoms with E-state index in [0.29, 0.717) is 50.1 Å². The van der Waals surface area contributed by atoms with Gasteiger partial charge in [0.05, 0.1) is 4.90 Å². The third-order valence-corrected chi connectivity index (χ3v) is 7.04. The van der Waals surface area contributed by atoms with E-state index in [-0.39, 0.29) is 10.8 Å². The molecule has 8 heteroatoms. The highest BCUT2D eigenvalue weighted by Crippen LogP contribution is 2.32. The Labute approximate surface area is 173 Å². The molecule has 0 aromatic heterocycles. The van der Waals surface area contributed by atoms with Gasteiger partial charge < -0.3 is 14.8 Å². The average Bonchev–Trinajstić information content (AvgIpc) is 2.72. The van der Waals surface area contributed by atoms with Crippen molar-refractivity contribution < 1.29 is 22.7 Å². The summed E-state index contributed by atoms with van der Waals surface area (Å²) in [5.41, 5.74) is 0. The molecule has 162 valence electrons. The number of ether oxygens (including phenoxy) is 2. The van der Waals surface area contributed by atoms with Crippen LogP contribution in [-0.4, -0.2) is 40.1 Å². The average molecular weight is 425 g/mol. The molecule has 0 radical (unpaired) electrons. The van der Waals surface area contributed by atoms with Crippen molar-refractivity contribution in [2.45, 2.75) is 69.2 Å². The van der Waals surface area contributed by atoms with Crippen LogP contribution in [0.2, 0.25) is 0 Å². The van der Waals surface area contributed by atoms with Gasteiger partial charge in [-0.2, -0.15) is 0 Å². The Hall–Kier alpha value is -1.80. The van der Waals surface area contributed by atoms with E-state index in [1.54, 1.807) is 6.07 Å². The number of benzene rings is 1. The van der Waals surface area contributed by atoms with E-state index >= 15 is 0 Å². The fraction of sp³-hybridized carbons (Fsp3) is 0.667. The van der Waals surface area contributed by atoms with Crippen LogP contribution in [0.3, 0.4) is 0 Å². The highest BCUT2D eigenvalue weighted by Gasteiger charge is 2.20. The minimum atomic E-state index is -3.59. The largest absolute Gasteiger partial charge is 0.486 e. The second-order valence-electron chi connectivity index (χ2n) is 8.04. The number of unbranched alkanes of at least 4 members (excludes halogenated alkanes) is 2. The normalized spacial score (nSPS) is 21.6. The number of hydrogen-bond donors (Lipinski definition) is 2. The first-order valence-electron chi connectivity index (χ1n) is 10.6. The zero-order chi connectivity index (χ0) is 20.7. The summed E-state index contributed by atoms with van der Waals surface area (Å²) in [6.45, 7) is 3.49. The summed E-state index contributed by atoms with van der Waals surface area (Å²) in [5.74, 6) is 1.91. The maximum Gasteiger partial charge on any atom is 0.240 e. The summed E-state index contributed by atoms with van der Waals surface area (Å²) in [6.07, 6.45) is 7.30. The van der Waals surface area contributed by atoms with E-state index in [1.807, 2.05) is 0 Å². The van der Waals surface area contributed by atoms with Gasteiger partial charge in [-0.25, -0.2) is 13.1 Å². The first-order chi connectivity index (χ1) is 13.9. The first-order valence-corrected chi connectivity index (χ1v) is 12.1. The van der Waals surface area contributed by atoms with E-state index in [1.165, 1.54) is 25.0 Å². The Bertz CT molecular complexity index is 788. The van der Waals surface area contributed by atoms with Crippen LogP contribution in [0, 0.1) is 5.92 Å². The molecule has 1 aliphatic heterocycles. The fourth-order valence-electron chi connectivity index (χ4n) is 3.77. The zero-order valence-corrected chi connectivity index (χ0v) is 17.9. The summed E-state index contributed by atoms with van der Waals surface area (Å²) in [5, 5.41) is 3.13. The second-order valence-corrected chi connectivity index (χ2v) is 9.81.